The van der Waals surface area contributed by atoms with Crippen LogP contribution in [0.25, 0.3) is 0 Å². The molecule has 6 nitrogen and oxygen atoms in total. The molecule has 21 heavy (non-hydrogen) atoms. The van der Waals surface area contributed by atoms with Gasteiger partial charge in [0.1, 0.15) is 6.07 Å². The van der Waals surface area contributed by atoms with Crippen LogP contribution >= 0.6 is 15.9 Å². The second kappa shape index (κ2) is 6.59. The molecular formula is C14H14BrN3O3. The molecule has 0 unspecified atom stereocenters. The van der Waals surface area contributed by atoms with Crippen molar-refractivity contribution in [1.29, 1.82) is 5.26 Å². The summed E-state index contributed by atoms with van der Waals surface area (Å²) in [7, 11) is 0. The molecule has 0 spiro atoms. The van der Waals surface area contributed by atoms with Crippen LogP contribution in [0, 0.1) is 11.3 Å². The van der Waals surface area contributed by atoms with Gasteiger partial charge in [0.25, 0.3) is 0 Å². The van der Waals surface area contributed by atoms with Crippen LogP contribution in [-0.4, -0.2) is 34.6 Å². The van der Waals surface area contributed by atoms with E-state index in [9.17, 15) is 9.59 Å². The monoisotopic (exact) mass is 351 g/mol. The number of carbonyl (C=O) groups excluding carboxylic acids is 1. The number of carboxylic acids is 1. The van der Waals surface area contributed by atoms with Gasteiger partial charge in [0.15, 0.2) is 0 Å². The molecule has 1 fully saturated rings. The summed E-state index contributed by atoms with van der Waals surface area (Å²) in [4.78, 5) is 24.5. The van der Waals surface area contributed by atoms with Crippen LogP contribution < -0.4 is 5.32 Å². The maximum Gasteiger partial charge on any atom is 0.322 e. The molecule has 0 radical (unpaired) electrons. The summed E-state index contributed by atoms with van der Waals surface area (Å²) in [5, 5.41) is 20.5. The summed E-state index contributed by atoms with van der Waals surface area (Å²) in [5.74, 6) is -0.936. The highest BCUT2D eigenvalue weighted by Crippen LogP contribution is 2.28. The van der Waals surface area contributed by atoms with Gasteiger partial charge in [-0.2, -0.15) is 5.26 Å². The lowest BCUT2D eigenvalue weighted by molar-refractivity contribution is -0.137. The number of halogens is 1. The minimum atomic E-state index is -0.936. The molecular weight excluding hydrogens is 338 g/mol. The first-order valence-corrected chi connectivity index (χ1v) is 7.29. The molecule has 2 N–H and O–H groups in total. The molecule has 0 aliphatic heterocycles. The summed E-state index contributed by atoms with van der Waals surface area (Å²) in [6, 6.07) is 6.73. The summed E-state index contributed by atoms with van der Waals surface area (Å²) >= 11 is 3.29. The third-order valence-corrected chi connectivity index (χ3v) is 3.65. The van der Waals surface area contributed by atoms with E-state index < -0.39 is 5.97 Å². The number of nitrogens with one attached hydrogen (secondary N) is 1. The third kappa shape index (κ3) is 4.20. The molecule has 110 valence electrons. The number of carbonyl (C=O) groups is 2. The van der Waals surface area contributed by atoms with Gasteiger partial charge >= 0.3 is 12.0 Å². The molecule has 0 saturated heterocycles. The summed E-state index contributed by atoms with van der Waals surface area (Å²) in [6.07, 6.45) is 1.68. The minimum Gasteiger partial charge on any atom is -0.481 e. The molecule has 2 rings (SSSR count). The Hall–Kier alpha value is -2.07. The van der Waals surface area contributed by atoms with Gasteiger partial charge < -0.3 is 15.3 Å². The first-order valence-electron chi connectivity index (χ1n) is 6.50. The normalized spacial score (nSPS) is 13.3. The van der Waals surface area contributed by atoms with E-state index in [4.69, 9.17) is 10.4 Å². The van der Waals surface area contributed by atoms with Crippen molar-refractivity contribution in [2.45, 2.75) is 25.3 Å². The number of anilines is 1. The molecule has 1 saturated carbocycles. The van der Waals surface area contributed by atoms with Crippen LogP contribution in [-0.2, 0) is 4.79 Å². The largest absolute Gasteiger partial charge is 0.481 e. The van der Waals surface area contributed by atoms with Crippen LogP contribution in [0.5, 0.6) is 0 Å². The van der Waals surface area contributed by atoms with Crippen molar-refractivity contribution in [3.05, 3.63) is 28.2 Å². The number of nitriles is 1. The number of hydrogen-bond acceptors (Lipinski definition) is 3. The van der Waals surface area contributed by atoms with Crippen LogP contribution in [0.2, 0.25) is 0 Å². The predicted octanol–water partition coefficient (Wildman–Crippen LogP) is 2.79. The quantitative estimate of drug-likeness (QED) is 0.852. The fraction of sp³-hybridized carbons (Fsp3) is 0.357. The smallest absolute Gasteiger partial charge is 0.322 e. The number of aliphatic carboxylic acids is 1. The lowest BCUT2D eigenvalue weighted by atomic mass is 10.2. The first kappa shape index (κ1) is 15.3. The Labute approximate surface area is 130 Å². The van der Waals surface area contributed by atoms with Crippen LogP contribution in [0.15, 0.2) is 22.7 Å². The molecule has 2 amide bonds. The average Bonchev–Trinajstić information content (AvgIpc) is 3.23. The number of rotatable bonds is 5. The van der Waals surface area contributed by atoms with Crippen LogP contribution in [0.1, 0.15) is 24.8 Å². The SMILES string of the molecule is N#Cc1ccc(Br)cc1NC(=O)N(CCC(=O)O)C1CC1. The van der Waals surface area contributed by atoms with E-state index in [-0.39, 0.29) is 25.0 Å². The van der Waals surface area contributed by atoms with Crippen LogP contribution in [0.3, 0.4) is 0 Å². The molecule has 0 heterocycles. The van der Waals surface area contributed by atoms with Crippen molar-refractivity contribution in [2.75, 3.05) is 11.9 Å². The maximum atomic E-state index is 12.3. The standard InChI is InChI=1S/C14H14BrN3O3/c15-10-2-1-9(8-16)12(7-10)17-14(21)18(11-3-4-11)6-5-13(19)20/h1-2,7,11H,3-6H2,(H,17,21)(H,19,20). The minimum absolute atomic E-state index is 0.0898. The molecule has 1 aliphatic rings. The zero-order chi connectivity index (χ0) is 15.4. The lowest BCUT2D eigenvalue weighted by Crippen LogP contribution is -2.38. The predicted molar refractivity (Wildman–Crippen MR) is 79.9 cm³/mol. The summed E-state index contributed by atoms with van der Waals surface area (Å²) < 4.78 is 0.750. The molecule has 1 aromatic carbocycles. The number of urea groups is 1. The van der Waals surface area contributed by atoms with Crippen molar-refractivity contribution in [1.82, 2.24) is 4.90 Å². The van der Waals surface area contributed by atoms with E-state index >= 15 is 0 Å². The highest BCUT2D eigenvalue weighted by Gasteiger charge is 2.32. The number of benzene rings is 1. The topological polar surface area (TPSA) is 93.4 Å². The molecule has 0 bridgehead atoms. The number of nitrogens with zero attached hydrogens (tertiary/aromatic N) is 2. The van der Waals surface area contributed by atoms with Crippen molar-refractivity contribution in [3.63, 3.8) is 0 Å². The van der Waals surface area contributed by atoms with Gasteiger partial charge in [0.05, 0.1) is 17.7 Å². The first-order chi connectivity index (χ1) is 10.0. The van der Waals surface area contributed by atoms with Gasteiger partial charge in [0.2, 0.25) is 0 Å². The van der Waals surface area contributed by atoms with Crippen molar-refractivity contribution in [3.8, 4) is 6.07 Å². The Balaban J connectivity index is 2.10. The number of carboxylic acid groups (broad SMARTS) is 1. The second-order valence-electron chi connectivity index (χ2n) is 4.80. The van der Waals surface area contributed by atoms with E-state index in [0.29, 0.717) is 11.3 Å². The van der Waals surface area contributed by atoms with Gasteiger partial charge in [-0.1, -0.05) is 15.9 Å². The van der Waals surface area contributed by atoms with Gasteiger partial charge in [-0.15, -0.1) is 0 Å². The summed E-state index contributed by atoms with van der Waals surface area (Å²) in [6.45, 7) is 0.168. The van der Waals surface area contributed by atoms with Crippen molar-refractivity contribution < 1.29 is 14.7 Å². The van der Waals surface area contributed by atoms with E-state index in [1.807, 2.05) is 6.07 Å². The molecule has 0 aromatic heterocycles. The van der Waals surface area contributed by atoms with Crippen molar-refractivity contribution >= 4 is 33.6 Å². The van der Waals surface area contributed by atoms with E-state index in [2.05, 4.69) is 21.2 Å². The van der Waals surface area contributed by atoms with E-state index in [0.717, 1.165) is 17.3 Å². The molecule has 7 heteroatoms. The Bertz CT molecular complexity index is 608. The van der Waals surface area contributed by atoms with Crippen molar-refractivity contribution in [2.24, 2.45) is 0 Å². The second-order valence-corrected chi connectivity index (χ2v) is 5.72. The van der Waals surface area contributed by atoms with Gasteiger partial charge in [-0.05, 0) is 31.0 Å². The molecule has 1 aliphatic carbocycles. The number of amides is 2. The average molecular weight is 352 g/mol. The highest BCUT2D eigenvalue weighted by molar-refractivity contribution is 9.10. The Morgan fingerprint density at radius 1 is 1.48 bits per heavy atom. The molecule has 1 aromatic rings. The molecule has 0 atom stereocenters. The zero-order valence-corrected chi connectivity index (χ0v) is 12.8. The fourth-order valence-electron chi connectivity index (χ4n) is 1.96. The Morgan fingerprint density at radius 3 is 2.76 bits per heavy atom. The third-order valence-electron chi connectivity index (χ3n) is 3.16. The lowest BCUT2D eigenvalue weighted by Gasteiger charge is -2.22. The Morgan fingerprint density at radius 2 is 2.19 bits per heavy atom. The van der Waals surface area contributed by atoms with E-state index in [1.165, 1.54) is 4.90 Å². The van der Waals surface area contributed by atoms with Gasteiger partial charge in [0, 0.05) is 17.1 Å². The fourth-order valence-corrected chi connectivity index (χ4v) is 2.32. The van der Waals surface area contributed by atoms with E-state index in [1.54, 1.807) is 18.2 Å². The van der Waals surface area contributed by atoms with Gasteiger partial charge in [-0.25, -0.2) is 4.79 Å². The maximum absolute atomic E-state index is 12.3. The van der Waals surface area contributed by atoms with Crippen LogP contribution in [0.4, 0.5) is 10.5 Å². The van der Waals surface area contributed by atoms with Gasteiger partial charge in [-0.3, -0.25) is 4.79 Å². The highest BCUT2D eigenvalue weighted by atomic mass is 79.9. The summed E-state index contributed by atoms with van der Waals surface area (Å²) in [5.41, 5.74) is 0.776. The Kier molecular flexibility index (Phi) is 4.81. The number of hydrogen-bond donors (Lipinski definition) is 2. The zero-order valence-electron chi connectivity index (χ0n) is 11.2.